The van der Waals surface area contributed by atoms with E-state index >= 15 is 0 Å². The predicted molar refractivity (Wildman–Crippen MR) is 68.5 cm³/mol. The van der Waals surface area contributed by atoms with Crippen molar-refractivity contribution in [2.75, 3.05) is 0 Å². The Labute approximate surface area is 101 Å². The van der Waals surface area contributed by atoms with Crippen LogP contribution in [-0.2, 0) is 19.4 Å². The number of thiazole rings is 1. The van der Waals surface area contributed by atoms with Crippen LogP contribution in [0.4, 0.5) is 0 Å². The lowest BCUT2D eigenvalue weighted by Gasteiger charge is -2.12. The number of fused-ring (bicyclic) bond motifs is 1. The number of hydrogen-bond donors (Lipinski definition) is 1. The minimum Gasteiger partial charge on any atom is -0.307 e. The molecule has 0 amide bonds. The highest BCUT2D eigenvalue weighted by molar-refractivity contribution is 7.11. The average molecular weight is 234 g/mol. The Hall–Kier alpha value is -0.850. The van der Waals surface area contributed by atoms with E-state index in [1.54, 1.807) is 0 Å². The largest absolute Gasteiger partial charge is 0.307 e. The van der Waals surface area contributed by atoms with Crippen molar-refractivity contribution in [2.45, 2.75) is 51.6 Å². The summed E-state index contributed by atoms with van der Waals surface area (Å²) in [7, 11) is 0. The highest BCUT2D eigenvalue weighted by atomic mass is 32.1. The van der Waals surface area contributed by atoms with Crippen molar-refractivity contribution in [3.05, 3.63) is 15.6 Å². The van der Waals surface area contributed by atoms with E-state index in [0.29, 0.717) is 6.04 Å². The Morgan fingerprint density at radius 1 is 1.56 bits per heavy atom. The van der Waals surface area contributed by atoms with Crippen LogP contribution in [0.3, 0.4) is 0 Å². The van der Waals surface area contributed by atoms with Crippen molar-refractivity contribution < 1.29 is 0 Å². The van der Waals surface area contributed by atoms with Gasteiger partial charge in [0.25, 0.3) is 0 Å². The summed E-state index contributed by atoms with van der Waals surface area (Å²) in [5.74, 6) is 2.71. The molecule has 0 aromatic carbocycles. The fraction of sp³-hybridized carbons (Fsp3) is 0.615. The highest BCUT2D eigenvalue weighted by Crippen LogP contribution is 2.27. The molecule has 1 N–H and O–H groups in total. The van der Waals surface area contributed by atoms with Gasteiger partial charge in [-0.25, -0.2) is 4.98 Å². The van der Waals surface area contributed by atoms with Crippen LogP contribution in [0.25, 0.3) is 0 Å². The molecule has 2 rings (SSSR count). The molecular formula is C13H18N2S. The van der Waals surface area contributed by atoms with E-state index < -0.39 is 0 Å². The average Bonchev–Trinajstić information content (AvgIpc) is 2.84. The summed E-state index contributed by atoms with van der Waals surface area (Å²) in [5.41, 5.74) is 1.34. The van der Waals surface area contributed by atoms with E-state index in [4.69, 9.17) is 6.42 Å². The minimum atomic E-state index is 0.434. The van der Waals surface area contributed by atoms with Gasteiger partial charge >= 0.3 is 0 Å². The van der Waals surface area contributed by atoms with Crippen molar-refractivity contribution in [3.63, 3.8) is 0 Å². The molecule has 0 saturated heterocycles. The molecule has 0 saturated carbocycles. The molecular weight excluding hydrogens is 216 g/mol. The van der Waals surface area contributed by atoms with Crippen LogP contribution in [0.2, 0.25) is 0 Å². The first-order chi connectivity index (χ1) is 7.83. The Kier molecular flexibility index (Phi) is 3.98. The number of hydrogen-bond acceptors (Lipinski definition) is 3. The van der Waals surface area contributed by atoms with Gasteiger partial charge in [-0.2, -0.15) is 0 Å². The molecule has 1 aliphatic rings. The van der Waals surface area contributed by atoms with E-state index in [0.717, 1.165) is 19.4 Å². The summed E-state index contributed by atoms with van der Waals surface area (Å²) in [6.45, 7) is 3.04. The zero-order chi connectivity index (χ0) is 11.4. The Morgan fingerprint density at radius 2 is 2.44 bits per heavy atom. The van der Waals surface area contributed by atoms with Crippen LogP contribution in [-0.4, -0.2) is 11.0 Å². The number of rotatable bonds is 5. The van der Waals surface area contributed by atoms with Crippen LogP contribution in [0, 0.1) is 12.3 Å². The third-order valence-electron chi connectivity index (χ3n) is 3.04. The fourth-order valence-electron chi connectivity index (χ4n) is 2.05. The van der Waals surface area contributed by atoms with Gasteiger partial charge in [-0.3, -0.25) is 0 Å². The van der Waals surface area contributed by atoms with Gasteiger partial charge in [-0.1, -0.05) is 6.92 Å². The third kappa shape index (κ3) is 2.63. The standard InChI is InChI=1S/C13H18N2S/c1-3-6-10(4-2)14-9-13-15-11-7-5-8-12(11)16-13/h1,10,14H,4-9H2,2H3. The van der Waals surface area contributed by atoms with Crippen LogP contribution >= 0.6 is 11.3 Å². The summed E-state index contributed by atoms with van der Waals surface area (Å²) >= 11 is 1.87. The molecule has 1 atom stereocenters. The Morgan fingerprint density at radius 3 is 3.12 bits per heavy atom. The summed E-state index contributed by atoms with van der Waals surface area (Å²) in [6.07, 6.45) is 10.9. The molecule has 0 radical (unpaired) electrons. The lowest BCUT2D eigenvalue weighted by atomic mass is 10.1. The first-order valence-electron chi connectivity index (χ1n) is 5.97. The van der Waals surface area contributed by atoms with Gasteiger partial charge in [-0.05, 0) is 25.7 Å². The molecule has 3 heteroatoms. The lowest BCUT2D eigenvalue weighted by molar-refractivity contribution is 0.505. The van der Waals surface area contributed by atoms with Crippen LogP contribution in [0.5, 0.6) is 0 Å². The van der Waals surface area contributed by atoms with Gasteiger partial charge in [0.2, 0.25) is 0 Å². The molecule has 0 spiro atoms. The monoisotopic (exact) mass is 234 g/mol. The van der Waals surface area contributed by atoms with Crippen molar-refractivity contribution in [2.24, 2.45) is 0 Å². The normalized spacial score (nSPS) is 15.8. The first kappa shape index (κ1) is 11.6. The van der Waals surface area contributed by atoms with Gasteiger partial charge in [0.1, 0.15) is 5.01 Å². The van der Waals surface area contributed by atoms with E-state index in [1.807, 2.05) is 11.3 Å². The summed E-state index contributed by atoms with van der Waals surface area (Å²) in [5, 5.41) is 4.70. The van der Waals surface area contributed by atoms with Crippen molar-refractivity contribution >= 4 is 11.3 Å². The molecule has 0 fully saturated rings. The molecule has 1 aliphatic carbocycles. The Bertz CT molecular complexity index is 368. The zero-order valence-corrected chi connectivity index (χ0v) is 10.6. The molecule has 16 heavy (non-hydrogen) atoms. The number of terminal acetylenes is 1. The van der Waals surface area contributed by atoms with Crippen LogP contribution in [0.15, 0.2) is 0 Å². The van der Waals surface area contributed by atoms with E-state index in [1.165, 1.54) is 34.8 Å². The molecule has 1 heterocycles. The Balaban J connectivity index is 1.87. The molecule has 1 unspecified atom stereocenters. The summed E-state index contributed by atoms with van der Waals surface area (Å²) < 4.78 is 0. The van der Waals surface area contributed by atoms with E-state index in [9.17, 15) is 0 Å². The van der Waals surface area contributed by atoms with Gasteiger partial charge in [0, 0.05) is 23.9 Å². The quantitative estimate of drug-likeness (QED) is 0.792. The van der Waals surface area contributed by atoms with Gasteiger partial charge in [-0.15, -0.1) is 23.7 Å². The molecule has 0 aliphatic heterocycles. The predicted octanol–water partition coefficient (Wildman–Crippen LogP) is 2.52. The SMILES string of the molecule is C#CCC(CC)NCc1nc2c(s1)CCC2. The second kappa shape index (κ2) is 5.47. The molecule has 2 nitrogen and oxygen atoms in total. The second-order valence-corrected chi connectivity index (χ2v) is 5.39. The maximum Gasteiger partial charge on any atom is 0.107 e. The topological polar surface area (TPSA) is 24.9 Å². The molecule has 1 aromatic heterocycles. The van der Waals surface area contributed by atoms with Gasteiger partial charge in [0.15, 0.2) is 0 Å². The highest BCUT2D eigenvalue weighted by Gasteiger charge is 2.16. The van der Waals surface area contributed by atoms with Crippen LogP contribution in [0.1, 0.15) is 41.8 Å². The number of nitrogens with zero attached hydrogens (tertiary/aromatic N) is 1. The smallest absolute Gasteiger partial charge is 0.107 e. The second-order valence-electron chi connectivity index (χ2n) is 4.23. The van der Waals surface area contributed by atoms with Crippen molar-refractivity contribution in [1.82, 2.24) is 10.3 Å². The number of nitrogens with one attached hydrogen (secondary N) is 1. The van der Waals surface area contributed by atoms with Crippen molar-refractivity contribution in [1.29, 1.82) is 0 Å². The summed E-state index contributed by atoms with van der Waals surface area (Å²) in [6, 6.07) is 0.434. The maximum atomic E-state index is 5.33. The van der Waals surface area contributed by atoms with Gasteiger partial charge in [0.05, 0.1) is 5.69 Å². The van der Waals surface area contributed by atoms with Gasteiger partial charge < -0.3 is 5.32 Å². The molecule has 0 bridgehead atoms. The van der Waals surface area contributed by atoms with E-state index in [-0.39, 0.29) is 0 Å². The third-order valence-corrected chi connectivity index (χ3v) is 4.20. The maximum absolute atomic E-state index is 5.33. The lowest BCUT2D eigenvalue weighted by Crippen LogP contribution is -2.27. The van der Waals surface area contributed by atoms with E-state index in [2.05, 4.69) is 23.1 Å². The molecule has 1 aromatic rings. The minimum absolute atomic E-state index is 0.434. The zero-order valence-electron chi connectivity index (χ0n) is 9.75. The number of aryl methyl sites for hydroxylation is 2. The number of aromatic nitrogens is 1. The van der Waals surface area contributed by atoms with Crippen LogP contribution < -0.4 is 5.32 Å². The summed E-state index contributed by atoms with van der Waals surface area (Å²) in [4.78, 5) is 6.16. The fourth-order valence-corrected chi connectivity index (χ4v) is 3.16. The molecule has 86 valence electrons. The van der Waals surface area contributed by atoms with Crippen molar-refractivity contribution in [3.8, 4) is 12.3 Å². The first-order valence-corrected chi connectivity index (χ1v) is 6.79.